The number of hydrogen-bond donors (Lipinski definition) is 0. The summed E-state index contributed by atoms with van der Waals surface area (Å²) in [6.07, 6.45) is 6.03. The fraction of sp³-hybridized carbons (Fsp3) is 0.882. The van der Waals surface area contributed by atoms with Crippen LogP contribution in [0.25, 0.3) is 0 Å². The number of carbonyl (C=O) groups is 2. The number of imide groups is 1. The van der Waals surface area contributed by atoms with E-state index in [0.29, 0.717) is 6.54 Å². The topological polar surface area (TPSA) is 49.9 Å². The Morgan fingerprint density at radius 1 is 1.14 bits per heavy atom. The maximum absolute atomic E-state index is 12.5. The Kier molecular flexibility index (Phi) is 3.85. The van der Waals surface area contributed by atoms with Crippen molar-refractivity contribution >= 4 is 11.8 Å². The number of rotatable bonds is 6. The lowest BCUT2D eigenvalue weighted by Crippen LogP contribution is -2.38. The smallest absolute Gasteiger partial charge is 0.233 e. The van der Waals surface area contributed by atoms with Crippen LogP contribution in [-0.2, 0) is 14.3 Å². The van der Waals surface area contributed by atoms with Crippen LogP contribution in [0.15, 0.2) is 0 Å². The normalized spacial score (nSPS) is 35.2. The first-order valence-electron chi connectivity index (χ1n) is 8.61. The summed E-state index contributed by atoms with van der Waals surface area (Å²) in [6.45, 7) is 7.02. The number of ether oxygens (including phenoxy) is 1. The number of amides is 2. The van der Waals surface area contributed by atoms with E-state index < -0.39 is 0 Å². The van der Waals surface area contributed by atoms with E-state index in [0.717, 1.165) is 38.5 Å². The Morgan fingerprint density at radius 2 is 1.71 bits per heavy atom. The summed E-state index contributed by atoms with van der Waals surface area (Å²) >= 11 is 0. The highest BCUT2D eigenvalue weighted by atomic mass is 16.6. The summed E-state index contributed by atoms with van der Waals surface area (Å²) in [4.78, 5) is 26.5. The molecule has 0 spiro atoms. The molecule has 1 saturated carbocycles. The lowest BCUT2D eigenvalue weighted by molar-refractivity contribution is -0.141. The highest BCUT2D eigenvalue weighted by Crippen LogP contribution is 2.48. The van der Waals surface area contributed by atoms with Crippen LogP contribution >= 0.6 is 0 Å². The molecule has 2 amide bonds. The lowest BCUT2D eigenvalue weighted by Gasteiger charge is -2.22. The van der Waals surface area contributed by atoms with Gasteiger partial charge in [-0.15, -0.1) is 0 Å². The van der Waals surface area contributed by atoms with E-state index in [1.54, 1.807) is 4.90 Å². The molecule has 0 aromatic rings. The molecule has 0 N–H and O–H groups in total. The molecule has 3 rings (SSSR count). The highest BCUT2D eigenvalue weighted by molar-refractivity contribution is 6.05. The largest absolute Gasteiger partial charge is 0.366 e. The van der Waals surface area contributed by atoms with Crippen LogP contribution < -0.4 is 0 Å². The molecule has 3 aliphatic rings. The van der Waals surface area contributed by atoms with Crippen LogP contribution in [0.3, 0.4) is 0 Å². The van der Waals surface area contributed by atoms with Gasteiger partial charge >= 0.3 is 0 Å². The summed E-state index contributed by atoms with van der Waals surface area (Å²) in [5.74, 6) is 0.423. The average Bonchev–Trinajstić information content (AvgIpc) is 2.93. The molecule has 4 unspecified atom stereocenters. The second-order valence-corrected chi connectivity index (χ2v) is 6.91. The number of hydrogen-bond acceptors (Lipinski definition) is 3. The predicted molar refractivity (Wildman–Crippen MR) is 79.5 cm³/mol. The van der Waals surface area contributed by atoms with Crippen LogP contribution in [0.4, 0.5) is 0 Å². The maximum Gasteiger partial charge on any atom is 0.233 e. The van der Waals surface area contributed by atoms with E-state index >= 15 is 0 Å². The summed E-state index contributed by atoms with van der Waals surface area (Å²) in [5.41, 5.74) is 0.00235. The van der Waals surface area contributed by atoms with Crippen molar-refractivity contribution in [1.82, 2.24) is 4.90 Å². The fourth-order valence-corrected chi connectivity index (χ4v) is 4.48. The van der Waals surface area contributed by atoms with Crippen molar-refractivity contribution in [2.45, 2.75) is 71.0 Å². The van der Waals surface area contributed by atoms with Crippen LogP contribution in [0.2, 0.25) is 0 Å². The minimum Gasteiger partial charge on any atom is -0.366 e. The Bertz CT molecular complexity index is 421. The van der Waals surface area contributed by atoms with Crippen LogP contribution in [-0.4, -0.2) is 35.0 Å². The third-order valence-corrected chi connectivity index (χ3v) is 6.07. The third-order valence-electron chi connectivity index (χ3n) is 6.07. The standard InChI is InChI=1S/C17H27NO3/c1-4-11(14-17(5-2,6-3)21-14)10-18-15(19)12-8-7-9-13(12)16(18)20/h11-14H,4-10H2,1-3H3. The molecule has 118 valence electrons. The van der Waals surface area contributed by atoms with E-state index in [-0.39, 0.29) is 41.3 Å². The molecule has 21 heavy (non-hydrogen) atoms. The van der Waals surface area contributed by atoms with Crippen molar-refractivity contribution in [2.75, 3.05) is 6.54 Å². The Morgan fingerprint density at radius 3 is 2.14 bits per heavy atom. The van der Waals surface area contributed by atoms with Crippen molar-refractivity contribution in [1.29, 1.82) is 0 Å². The molecule has 3 fully saturated rings. The SMILES string of the molecule is CCC(CN1C(=O)C2CCCC2C1=O)C1OC1(CC)CC. The van der Waals surface area contributed by atoms with E-state index in [4.69, 9.17) is 4.74 Å². The first kappa shape index (κ1) is 15.0. The number of epoxide rings is 1. The average molecular weight is 293 g/mol. The quantitative estimate of drug-likeness (QED) is 0.559. The first-order chi connectivity index (χ1) is 10.1. The van der Waals surface area contributed by atoms with Crippen molar-refractivity contribution in [2.24, 2.45) is 17.8 Å². The lowest BCUT2D eigenvalue weighted by atomic mass is 9.88. The number of likely N-dealkylation sites (tertiary alicyclic amines) is 1. The predicted octanol–water partition coefficient (Wildman–Crippen LogP) is 2.76. The van der Waals surface area contributed by atoms with E-state index in [1.165, 1.54) is 0 Å². The van der Waals surface area contributed by atoms with Crippen LogP contribution in [0, 0.1) is 17.8 Å². The van der Waals surface area contributed by atoms with E-state index in [1.807, 2.05) is 0 Å². The molecule has 1 aliphatic carbocycles. The molecule has 4 atom stereocenters. The van der Waals surface area contributed by atoms with Gasteiger partial charge < -0.3 is 4.74 Å². The molecule has 0 aromatic carbocycles. The van der Waals surface area contributed by atoms with Crippen molar-refractivity contribution in [3.63, 3.8) is 0 Å². The fourth-order valence-electron chi connectivity index (χ4n) is 4.48. The van der Waals surface area contributed by atoms with Gasteiger partial charge in [0, 0.05) is 12.5 Å². The van der Waals surface area contributed by atoms with Crippen LogP contribution in [0.1, 0.15) is 59.3 Å². The summed E-state index contributed by atoms with van der Waals surface area (Å²) in [5, 5.41) is 0. The van der Waals surface area contributed by atoms with Gasteiger partial charge in [-0.3, -0.25) is 14.5 Å². The zero-order valence-corrected chi connectivity index (χ0v) is 13.4. The second-order valence-electron chi connectivity index (χ2n) is 6.91. The van der Waals surface area contributed by atoms with E-state index in [9.17, 15) is 9.59 Å². The van der Waals surface area contributed by atoms with Crippen LogP contribution in [0.5, 0.6) is 0 Å². The summed E-state index contributed by atoms with van der Waals surface area (Å²) < 4.78 is 5.98. The molecule has 0 radical (unpaired) electrons. The van der Waals surface area contributed by atoms with Gasteiger partial charge in [-0.2, -0.15) is 0 Å². The minimum atomic E-state index is -0.0164. The first-order valence-corrected chi connectivity index (χ1v) is 8.61. The minimum absolute atomic E-state index is 0.00235. The zero-order valence-electron chi connectivity index (χ0n) is 13.4. The Labute approximate surface area is 127 Å². The monoisotopic (exact) mass is 293 g/mol. The van der Waals surface area contributed by atoms with Crippen molar-refractivity contribution in [3.8, 4) is 0 Å². The Hall–Kier alpha value is -0.900. The molecular weight excluding hydrogens is 266 g/mol. The number of nitrogens with zero attached hydrogens (tertiary/aromatic N) is 1. The maximum atomic E-state index is 12.5. The van der Waals surface area contributed by atoms with Gasteiger partial charge in [-0.05, 0) is 32.1 Å². The molecule has 0 bridgehead atoms. The zero-order chi connectivity index (χ0) is 15.2. The molecule has 4 heteroatoms. The number of fused-ring (bicyclic) bond motifs is 1. The van der Waals surface area contributed by atoms with Gasteiger partial charge in [-0.25, -0.2) is 0 Å². The van der Waals surface area contributed by atoms with Gasteiger partial charge in [0.15, 0.2) is 0 Å². The summed E-state index contributed by atoms with van der Waals surface area (Å²) in [7, 11) is 0. The van der Waals surface area contributed by atoms with Gasteiger partial charge in [0.2, 0.25) is 11.8 Å². The number of carbonyl (C=O) groups excluding carboxylic acids is 2. The van der Waals surface area contributed by atoms with Gasteiger partial charge in [0.25, 0.3) is 0 Å². The molecule has 4 nitrogen and oxygen atoms in total. The molecule has 2 heterocycles. The molecule has 0 aromatic heterocycles. The van der Waals surface area contributed by atoms with Gasteiger partial charge in [0.1, 0.15) is 0 Å². The van der Waals surface area contributed by atoms with Gasteiger partial charge in [-0.1, -0.05) is 27.2 Å². The van der Waals surface area contributed by atoms with Gasteiger partial charge in [0.05, 0.1) is 23.5 Å². The Balaban J connectivity index is 1.68. The second kappa shape index (κ2) is 5.38. The molecule has 2 aliphatic heterocycles. The van der Waals surface area contributed by atoms with Crippen molar-refractivity contribution < 1.29 is 14.3 Å². The summed E-state index contributed by atoms with van der Waals surface area (Å²) in [6, 6.07) is 0. The molecule has 2 saturated heterocycles. The van der Waals surface area contributed by atoms with E-state index in [2.05, 4.69) is 20.8 Å². The van der Waals surface area contributed by atoms with Crippen molar-refractivity contribution in [3.05, 3.63) is 0 Å². The third kappa shape index (κ3) is 2.23. The molecular formula is C17H27NO3. The highest BCUT2D eigenvalue weighted by Gasteiger charge is 2.58.